The summed E-state index contributed by atoms with van der Waals surface area (Å²) in [6.45, 7) is 10.4. The standard InChI is InChI=1S/C31H37N3O/c1-4-33(5-2)31(32)25-15-16-27-29(21-25)35-28-14-10-9-13-26(28)30(27)24-17-19-34(20-18-24)22(3)23-11-7-6-8-12-23/h6-16,21-22,24,30,32H,4-5,17-20H2,1-3H3. The van der Waals surface area contributed by atoms with E-state index in [1.54, 1.807) is 0 Å². The summed E-state index contributed by atoms with van der Waals surface area (Å²) in [7, 11) is 0. The smallest absolute Gasteiger partial charge is 0.132 e. The summed E-state index contributed by atoms with van der Waals surface area (Å²) < 4.78 is 6.43. The molecule has 2 aliphatic rings. The topological polar surface area (TPSA) is 39.6 Å². The summed E-state index contributed by atoms with van der Waals surface area (Å²) in [5, 5.41) is 8.69. The van der Waals surface area contributed by atoms with Crippen LogP contribution in [-0.2, 0) is 0 Å². The minimum absolute atomic E-state index is 0.334. The molecule has 182 valence electrons. The molecule has 0 aromatic heterocycles. The number of fused-ring (bicyclic) bond motifs is 2. The van der Waals surface area contributed by atoms with Crippen LogP contribution in [-0.4, -0.2) is 41.8 Å². The Morgan fingerprint density at radius 1 is 0.914 bits per heavy atom. The van der Waals surface area contributed by atoms with E-state index < -0.39 is 0 Å². The fourth-order valence-corrected chi connectivity index (χ4v) is 5.96. The number of ether oxygens (including phenoxy) is 1. The number of rotatable bonds is 6. The Balaban J connectivity index is 1.40. The molecule has 2 unspecified atom stereocenters. The van der Waals surface area contributed by atoms with Gasteiger partial charge in [0.2, 0.25) is 0 Å². The minimum Gasteiger partial charge on any atom is -0.457 e. The van der Waals surface area contributed by atoms with Crippen molar-refractivity contribution in [3.05, 3.63) is 95.1 Å². The zero-order chi connectivity index (χ0) is 24.4. The molecule has 0 aliphatic carbocycles. The maximum Gasteiger partial charge on any atom is 0.132 e. The third-order valence-electron chi connectivity index (χ3n) is 8.05. The number of hydrogen-bond acceptors (Lipinski definition) is 3. The van der Waals surface area contributed by atoms with E-state index in [0.29, 0.717) is 23.7 Å². The molecule has 1 saturated heterocycles. The second-order valence-corrected chi connectivity index (χ2v) is 9.85. The van der Waals surface area contributed by atoms with E-state index in [9.17, 15) is 0 Å². The van der Waals surface area contributed by atoms with Crippen LogP contribution in [0.2, 0.25) is 0 Å². The molecule has 0 saturated carbocycles. The first kappa shape index (κ1) is 23.6. The summed E-state index contributed by atoms with van der Waals surface area (Å²) in [5.74, 6) is 3.37. The van der Waals surface area contributed by atoms with Crippen LogP contribution in [0.4, 0.5) is 0 Å². The lowest BCUT2D eigenvalue weighted by Crippen LogP contribution is -2.38. The first-order valence-electron chi connectivity index (χ1n) is 13.1. The molecule has 4 heteroatoms. The zero-order valence-electron chi connectivity index (χ0n) is 21.2. The molecule has 2 atom stereocenters. The van der Waals surface area contributed by atoms with Crippen molar-refractivity contribution >= 4 is 5.84 Å². The van der Waals surface area contributed by atoms with Crippen molar-refractivity contribution in [3.8, 4) is 11.5 Å². The van der Waals surface area contributed by atoms with Crippen molar-refractivity contribution in [2.75, 3.05) is 26.2 Å². The Kier molecular flexibility index (Phi) is 6.92. The monoisotopic (exact) mass is 467 g/mol. The summed E-state index contributed by atoms with van der Waals surface area (Å²) in [6, 6.07) is 26.3. The highest BCUT2D eigenvalue weighted by Gasteiger charge is 2.36. The zero-order valence-corrected chi connectivity index (χ0v) is 21.2. The van der Waals surface area contributed by atoms with Gasteiger partial charge < -0.3 is 9.64 Å². The van der Waals surface area contributed by atoms with Gasteiger partial charge in [0.15, 0.2) is 0 Å². The molecule has 2 heterocycles. The van der Waals surface area contributed by atoms with Crippen molar-refractivity contribution in [3.63, 3.8) is 0 Å². The lowest BCUT2D eigenvalue weighted by molar-refractivity contribution is 0.133. The van der Waals surface area contributed by atoms with E-state index in [1.807, 2.05) is 0 Å². The SMILES string of the molecule is CCN(CC)C(=N)c1ccc2c(c1)Oc1ccccc1C2C1CCN(C(C)c2ccccc2)CC1. The summed E-state index contributed by atoms with van der Waals surface area (Å²) >= 11 is 0. The van der Waals surface area contributed by atoms with Crippen molar-refractivity contribution < 1.29 is 4.74 Å². The van der Waals surface area contributed by atoms with Crippen molar-refractivity contribution in [1.82, 2.24) is 9.80 Å². The molecule has 0 spiro atoms. The molecule has 2 aliphatic heterocycles. The van der Waals surface area contributed by atoms with Gasteiger partial charge in [0, 0.05) is 41.7 Å². The third-order valence-corrected chi connectivity index (χ3v) is 8.05. The van der Waals surface area contributed by atoms with Crippen LogP contribution in [0.3, 0.4) is 0 Å². The molecule has 3 aromatic carbocycles. The normalized spacial score (nSPS) is 18.8. The lowest BCUT2D eigenvalue weighted by Gasteiger charge is -2.41. The van der Waals surface area contributed by atoms with Gasteiger partial charge in [0.25, 0.3) is 0 Å². The van der Waals surface area contributed by atoms with E-state index in [0.717, 1.165) is 43.2 Å². The van der Waals surface area contributed by atoms with Crippen LogP contribution in [0.5, 0.6) is 11.5 Å². The third kappa shape index (κ3) is 4.60. The lowest BCUT2D eigenvalue weighted by atomic mass is 9.74. The molecular weight excluding hydrogens is 430 g/mol. The van der Waals surface area contributed by atoms with Gasteiger partial charge in [-0.2, -0.15) is 0 Å². The molecule has 0 bridgehead atoms. The Morgan fingerprint density at radius 2 is 1.57 bits per heavy atom. The molecular formula is C31H37N3O. The molecule has 4 nitrogen and oxygen atoms in total. The van der Waals surface area contributed by atoms with Gasteiger partial charge in [-0.05, 0) is 70.3 Å². The van der Waals surface area contributed by atoms with Gasteiger partial charge in [-0.15, -0.1) is 0 Å². The Bertz CT molecular complexity index is 1160. The van der Waals surface area contributed by atoms with E-state index in [2.05, 4.69) is 103 Å². The highest BCUT2D eigenvalue weighted by atomic mass is 16.5. The second-order valence-electron chi connectivity index (χ2n) is 9.85. The predicted molar refractivity (Wildman–Crippen MR) is 144 cm³/mol. The fourth-order valence-electron chi connectivity index (χ4n) is 5.96. The van der Waals surface area contributed by atoms with E-state index in [4.69, 9.17) is 10.1 Å². The van der Waals surface area contributed by atoms with Crippen molar-refractivity contribution in [2.24, 2.45) is 5.92 Å². The molecule has 3 aromatic rings. The first-order valence-corrected chi connectivity index (χ1v) is 13.1. The highest BCUT2D eigenvalue weighted by molar-refractivity contribution is 5.97. The van der Waals surface area contributed by atoms with Crippen LogP contribution >= 0.6 is 0 Å². The Labute approximate surface area is 210 Å². The average Bonchev–Trinajstić information content (AvgIpc) is 2.92. The molecule has 0 radical (unpaired) electrons. The van der Waals surface area contributed by atoms with Crippen molar-refractivity contribution in [1.29, 1.82) is 5.41 Å². The Hall–Kier alpha value is -3.11. The maximum atomic E-state index is 8.69. The number of nitrogens with one attached hydrogen (secondary N) is 1. The number of benzene rings is 3. The highest BCUT2D eigenvalue weighted by Crippen LogP contribution is 2.50. The summed E-state index contributed by atoms with van der Waals surface area (Å²) in [5.41, 5.74) is 4.91. The van der Waals surface area contributed by atoms with E-state index >= 15 is 0 Å². The van der Waals surface area contributed by atoms with Gasteiger partial charge in [-0.25, -0.2) is 0 Å². The van der Waals surface area contributed by atoms with E-state index in [1.165, 1.54) is 29.5 Å². The van der Waals surface area contributed by atoms with Gasteiger partial charge in [0.1, 0.15) is 17.3 Å². The molecule has 35 heavy (non-hydrogen) atoms. The fraction of sp³-hybridized carbons (Fsp3) is 0.387. The second kappa shape index (κ2) is 10.2. The van der Waals surface area contributed by atoms with Crippen LogP contribution in [0.1, 0.15) is 67.8 Å². The Morgan fingerprint density at radius 3 is 2.29 bits per heavy atom. The largest absolute Gasteiger partial charge is 0.457 e. The minimum atomic E-state index is 0.334. The van der Waals surface area contributed by atoms with Crippen molar-refractivity contribution in [2.45, 2.75) is 45.6 Å². The number of likely N-dealkylation sites (tertiary alicyclic amines) is 1. The summed E-state index contributed by atoms with van der Waals surface area (Å²) in [6.07, 6.45) is 2.35. The molecule has 1 fully saturated rings. The number of hydrogen-bond donors (Lipinski definition) is 1. The van der Waals surface area contributed by atoms with Crippen LogP contribution in [0, 0.1) is 11.3 Å². The van der Waals surface area contributed by atoms with E-state index in [-0.39, 0.29) is 0 Å². The first-order chi connectivity index (χ1) is 17.1. The van der Waals surface area contributed by atoms with Gasteiger partial charge >= 0.3 is 0 Å². The number of para-hydroxylation sites is 1. The molecule has 5 rings (SSSR count). The molecule has 0 amide bonds. The number of amidine groups is 1. The predicted octanol–water partition coefficient (Wildman–Crippen LogP) is 7.06. The van der Waals surface area contributed by atoms with Crippen LogP contribution in [0.25, 0.3) is 0 Å². The van der Waals surface area contributed by atoms with Gasteiger partial charge in [0.05, 0.1) is 0 Å². The van der Waals surface area contributed by atoms with Gasteiger partial charge in [-0.3, -0.25) is 10.3 Å². The number of nitrogens with zero attached hydrogens (tertiary/aromatic N) is 2. The number of piperidine rings is 1. The van der Waals surface area contributed by atoms with Crippen LogP contribution < -0.4 is 4.74 Å². The molecule has 1 N–H and O–H groups in total. The maximum absolute atomic E-state index is 8.69. The van der Waals surface area contributed by atoms with Crippen LogP contribution in [0.15, 0.2) is 72.8 Å². The quantitative estimate of drug-likeness (QED) is 0.311. The summed E-state index contributed by atoms with van der Waals surface area (Å²) in [4.78, 5) is 4.71. The average molecular weight is 468 g/mol. The van der Waals surface area contributed by atoms with Gasteiger partial charge in [-0.1, -0.05) is 60.7 Å².